The van der Waals surface area contributed by atoms with Gasteiger partial charge < -0.3 is 0 Å². The summed E-state index contributed by atoms with van der Waals surface area (Å²) in [6, 6.07) is 0. The van der Waals surface area contributed by atoms with E-state index in [1.165, 1.54) is 10.9 Å². The zero-order chi connectivity index (χ0) is 11.0. The molecule has 80 valence electrons. The van der Waals surface area contributed by atoms with Crippen molar-refractivity contribution in [2.45, 2.75) is 44.0 Å². The summed E-state index contributed by atoms with van der Waals surface area (Å²) in [5, 5.41) is 7.40. The minimum Gasteiger partial charge on any atom is -0.251 e. The Bertz CT molecular complexity index is 414. The largest absolute Gasteiger partial charge is 0.251 e. The van der Waals surface area contributed by atoms with E-state index in [1.807, 2.05) is 6.92 Å². The molecule has 1 aromatic rings. The Hall–Kier alpha value is -0.910. The Balaban J connectivity index is 3.18. The van der Waals surface area contributed by atoms with E-state index < -0.39 is 14.6 Å². The first kappa shape index (κ1) is 11.2. The smallest absolute Gasteiger partial charge is 0.203 e. The fourth-order valence-corrected chi connectivity index (χ4v) is 1.90. The Labute approximate surface area is 84.0 Å². The molecule has 0 radical (unpaired) electrons. The van der Waals surface area contributed by atoms with Gasteiger partial charge in [0.15, 0.2) is 5.03 Å². The van der Waals surface area contributed by atoms with Gasteiger partial charge in [0.2, 0.25) is 9.84 Å². The molecular weight excluding hydrogens is 202 g/mol. The lowest BCUT2D eigenvalue weighted by Gasteiger charge is -2.16. The fraction of sp³-hybridized carbons (Fsp3) is 0.750. The maximum absolute atomic E-state index is 11.9. The average molecular weight is 217 g/mol. The van der Waals surface area contributed by atoms with Crippen molar-refractivity contribution in [2.24, 2.45) is 0 Å². The van der Waals surface area contributed by atoms with Crippen LogP contribution in [0.5, 0.6) is 0 Å². The number of aryl methyl sites for hydroxylation is 1. The average Bonchev–Trinajstić information content (AvgIpc) is 2.49. The normalized spacial score (nSPS) is 13.1. The third-order valence-electron chi connectivity index (χ3n) is 1.92. The third kappa shape index (κ3) is 1.79. The summed E-state index contributed by atoms with van der Waals surface area (Å²) in [6.45, 7) is 7.43. The number of aromatic nitrogens is 3. The lowest BCUT2D eigenvalue weighted by molar-refractivity contribution is 0.556. The monoisotopic (exact) mass is 217 g/mol. The van der Waals surface area contributed by atoms with Crippen LogP contribution in [-0.4, -0.2) is 28.2 Å². The molecule has 1 heterocycles. The van der Waals surface area contributed by atoms with Gasteiger partial charge >= 0.3 is 0 Å². The molecule has 0 saturated heterocycles. The van der Waals surface area contributed by atoms with Crippen LogP contribution in [0.4, 0.5) is 0 Å². The Morgan fingerprint density at radius 2 is 2.00 bits per heavy atom. The maximum Gasteiger partial charge on any atom is 0.203 e. The van der Waals surface area contributed by atoms with E-state index in [9.17, 15) is 8.42 Å². The van der Waals surface area contributed by atoms with Gasteiger partial charge in [-0.3, -0.25) is 4.68 Å². The van der Waals surface area contributed by atoms with Crippen molar-refractivity contribution in [2.75, 3.05) is 0 Å². The van der Waals surface area contributed by atoms with Crippen LogP contribution in [0.1, 0.15) is 27.7 Å². The highest BCUT2D eigenvalue weighted by atomic mass is 32.2. The van der Waals surface area contributed by atoms with Crippen LogP contribution in [0.25, 0.3) is 0 Å². The molecule has 0 spiro atoms. The van der Waals surface area contributed by atoms with Crippen LogP contribution in [0.3, 0.4) is 0 Å². The number of sulfone groups is 1. The maximum atomic E-state index is 11.9. The second kappa shape index (κ2) is 3.34. The summed E-state index contributed by atoms with van der Waals surface area (Å²) < 4.78 is 24.4. The van der Waals surface area contributed by atoms with Crippen LogP contribution < -0.4 is 0 Å². The molecule has 0 aromatic carbocycles. The Morgan fingerprint density at radius 3 is 2.36 bits per heavy atom. The molecule has 1 rings (SSSR count). The Kier molecular flexibility index (Phi) is 2.67. The van der Waals surface area contributed by atoms with Crippen LogP contribution in [0, 0.1) is 0 Å². The van der Waals surface area contributed by atoms with Gasteiger partial charge in [0, 0.05) is 6.54 Å². The first-order valence-electron chi connectivity index (χ1n) is 4.44. The predicted octanol–water partition coefficient (Wildman–Crippen LogP) is 0.870. The molecule has 0 aliphatic rings. The number of hydrogen-bond acceptors (Lipinski definition) is 4. The summed E-state index contributed by atoms with van der Waals surface area (Å²) >= 11 is 0. The van der Waals surface area contributed by atoms with Crippen molar-refractivity contribution >= 4 is 9.84 Å². The molecule has 0 atom stereocenters. The van der Waals surface area contributed by atoms with Gasteiger partial charge in [-0.25, -0.2) is 8.42 Å². The summed E-state index contributed by atoms with van der Waals surface area (Å²) in [7, 11) is -3.36. The molecule has 0 N–H and O–H groups in total. The van der Waals surface area contributed by atoms with E-state index in [-0.39, 0.29) is 5.03 Å². The molecule has 0 amide bonds. The number of nitrogens with zero attached hydrogens (tertiary/aromatic N) is 3. The van der Waals surface area contributed by atoms with E-state index in [1.54, 1.807) is 20.8 Å². The van der Waals surface area contributed by atoms with Gasteiger partial charge in [-0.2, -0.15) is 0 Å². The molecule has 14 heavy (non-hydrogen) atoms. The summed E-state index contributed by atoms with van der Waals surface area (Å²) in [6.07, 6.45) is 1.46. The number of rotatable bonds is 2. The summed E-state index contributed by atoms with van der Waals surface area (Å²) in [5.74, 6) is 0. The zero-order valence-electron chi connectivity index (χ0n) is 8.85. The van der Waals surface area contributed by atoms with E-state index in [2.05, 4.69) is 10.3 Å². The summed E-state index contributed by atoms with van der Waals surface area (Å²) in [5.41, 5.74) is 0. The second-order valence-corrected chi connectivity index (χ2v) is 6.68. The topological polar surface area (TPSA) is 64.8 Å². The lowest BCUT2D eigenvalue weighted by atomic mass is 10.3. The molecule has 6 heteroatoms. The van der Waals surface area contributed by atoms with Gasteiger partial charge in [-0.15, -0.1) is 5.10 Å². The van der Waals surface area contributed by atoms with Crippen LogP contribution in [-0.2, 0) is 16.4 Å². The molecule has 1 aromatic heterocycles. The van der Waals surface area contributed by atoms with Crippen molar-refractivity contribution in [3.63, 3.8) is 0 Å². The lowest BCUT2D eigenvalue weighted by Crippen LogP contribution is -2.28. The van der Waals surface area contributed by atoms with Gasteiger partial charge in [0.1, 0.15) is 0 Å². The Morgan fingerprint density at radius 1 is 1.43 bits per heavy atom. The van der Waals surface area contributed by atoms with E-state index >= 15 is 0 Å². The van der Waals surface area contributed by atoms with Crippen LogP contribution in [0.2, 0.25) is 0 Å². The highest BCUT2D eigenvalue weighted by Gasteiger charge is 2.33. The van der Waals surface area contributed by atoms with Crippen molar-refractivity contribution in [3.05, 3.63) is 6.20 Å². The fourth-order valence-electron chi connectivity index (χ4n) is 0.872. The highest BCUT2D eigenvalue weighted by molar-refractivity contribution is 7.92. The molecule has 0 fully saturated rings. The first-order valence-corrected chi connectivity index (χ1v) is 5.92. The van der Waals surface area contributed by atoms with Crippen molar-refractivity contribution in [1.29, 1.82) is 0 Å². The molecule has 0 bridgehead atoms. The van der Waals surface area contributed by atoms with Gasteiger partial charge in [0.05, 0.1) is 10.9 Å². The van der Waals surface area contributed by atoms with Crippen molar-refractivity contribution in [3.8, 4) is 0 Å². The molecule has 0 unspecified atom stereocenters. The molecule has 5 nitrogen and oxygen atoms in total. The van der Waals surface area contributed by atoms with Gasteiger partial charge in [0.25, 0.3) is 0 Å². The second-order valence-electron chi connectivity index (χ2n) is 4.03. The van der Waals surface area contributed by atoms with Crippen LogP contribution in [0.15, 0.2) is 11.2 Å². The third-order valence-corrected chi connectivity index (χ3v) is 4.27. The number of hydrogen-bond donors (Lipinski definition) is 0. The van der Waals surface area contributed by atoms with Crippen molar-refractivity contribution in [1.82, 2.24) is 15.0 Å². The minimum absolute atomic E-state index is 0.0480. The highest BCUT2D eigenvalue weighted by Crippen LogP contribution is 2.22. The van der Waals surface area contributed by atoms with Crippen LogP contribution >= 0.6 is 0 Å². The zero-order valence-corrected chi connectivity index (χ0v) is 9.67. The van der Waals surface area contributed by atoms with Gasteiger partial charge in [-0.05, 0) is 27.7 Å². The quantitative estimate of drug-likeness (QED) is 0.737. The predicted molar refractivity (Wildman–Crippen MR) is 52.6 cm³/mol. The molecule has 0 saturated carbocycles. The first-order chi connectivity index (χ1) is 6.29. The van der Waals surface area contributed by atoms with E-state index in [4.69, 9.17) is 0 Å². The minimum atomic E-state index is -3.36. The summed E-state index contributed by atoms with van der Waals surface area (Å²) in [4.78, 5) is 0. The van der Waals surface area contributed by atoms with E-state index in [0.29, 0.717) is 6.54 Å². The standard InChI is InChI=1S/C8H15N3O2S/c1-5-11-6-7(9-10-11)14(12,13)8(2,3)4/h6H,5H2,1-4H3. The molecule has 0 aliphatic carbocycles. The van der Waals surface area contributed by atoms with E-state index in [0.717, 1.165) is 0 Å². The molecular formula is C8H15N3O2S. The SMILES string of the molecule is CCn1cc(S(=O)(=O)C(C)(C)C)nn1. The molecule has 0 aliphatic heterocycles. The van der Waals surface area contributed by atoms with Crippen molar-refractivity contribution < 1.29 is 8.42 Å². The van der Waals surface area contributed by atoms with Gasteiger partial charge in [-0.1, -0.05) is 5.21 Å².